The maximum absolute atomic E-state index is 12.4. The molecule has 19 heavy (non-hydrogen) atoms. The van der Waals surface area contributed by atoms with Crippen molar-refractivity contribution in [2.24, 2.45) is 0 Å². The lowest BCUT2D eigenvalue weighted by Gasteiger charge is -2.19. The van der Waals surface area contributed by atoms with Crippen LogP contribution in [0.15, 0.2) is 31.8 Å². The second-order valence-corrected chi connectivity index (χ2v) is 7.09. The number of halogens is 2. The molecule has 0 amide bonds. The van der Waals surface area contributed by atoms with Crippen molar-refractivity contribution in [3.05, 3.63) is 43.0 Å². The number of hydrogen-bond donors (Lipinski definition) is 0. The molecule has 0 spiro atoms. The van der Waals surface area contributed by atoms with Gasteiger partial charge in [0.05, 0.1) is 3.79 Å². The van der Waals surface area contributed by atoms with E-state index in [1.807, 2.05) is 11.4 Å². The Balaban J connectivity index is 2.03. The maximum Gasteiger partial charge on any atom is 0.195 e. The average molecular weight is 404 g/mol. The summed E-state index contributed by atoms with van der Waals surface area (Å²) in [5, 5.41) is 1.83. The molecule has 0 saturated heterocycles. The molecular formula is C13H8Br2O3S. The van der Waals surface area contributed by atoms with Crippen molar-refractivity contribution >= 4 is 49.0 Å². The largest absolute Gasteiger partial charge is 0.486 e. The number of ketones is 1. The molecule has 1 aliphatic rings. The molecule has 0 fully saturated rings. The van der Waals surface area contributed by atoms with Gasteiger partial charge in [-0.2, -0.15) is 0 Å². The highest BCUT2D eigenvalue weighted by Crippen LogP contribution is 2.36. The summed E-state index contributed by atoms with van der Waals surface area (Å²) >= 11 is 8.26. The zero-order valence-corrected chi connectivity index (χ0v) is 13.6. The van der Waals surface area contributed by atoms with E-state index < -0.39 is 0 Å². The fraction of sp³-hybridized carbons (Fsp3) is 0.154. The topological polar surface area (TPSA) is 35.5 Å². The number of rotatable bonds is 2. The van der Waals surface area contributed by atoms with Gasteiger partial charge in [0.25, 0.3) is 0 Å². The molecule has 0 unspecified atom stereocenters. The van der Waals surface area contributed by atoms with Gasteiger partial charge in [-0.3, -0.25) is 4.79 Å². The minimum atomic E-state index is -0.0363. The number of thiophene rings is 1. The maximum atomic E-state index is 12.4. The van der Waals surface area contributed by atoms with E-state index in [4.69, 9.17) is 9.47 Å². The molecule has 0 N–H and O–H groups in total. The van der Waals surface area contributed by atoms with E-state index in [9.17, 15) is 4.79 Å². The van der Waals surface area contributed by atoms with Crippen LogP contribution in [-0.2, 0) is 0 Å². The zero-order valence-electron chi connectivity index (χ0n) is 9.61. The summed E-state index contributed by atoms with van der Waals surface area (Å²) in [6.45, 7) is 1.04. The number of hydrogen-bond acceptors (Lipinski definition) is 4. The van der Waals surface area contributed by atoms with E-state index in [0.717, 1.165) is 3.79 Å². The molecule has 0 aliphatic carbocycles. The van der Waals surface area contributed by atoms with Crippen molar-refractivity contribution in [2.45, 2.75) is 0 Å². The van der Waals surface area contributed by atoms with Crippen LogP contribution in [0.3, 0.4) is 0 Å². The zero-order chi connectivity index (χ0) is 13.4. The SMILES string of the molecule is O=C(c1csc(Br)c1)c1cc2c(cc1Br)OCCO2. The minimum absolute atomic E-state index is 0.0363. The highest BCUT2D eigenvalue weighted by molar-refractivity contribution is 9.11. The van der Waals surface area contributed by atoms with Gasteiger partial charge in [0.15, 0.2) is 17.3 Å². The second kappa shape index (κ2) is 5.26. The fourth-order valence-corrected chi connectivity index (χ4v) is 3.46. The predicted octanol–water partition coefficient (Wildman–Crippen LogP) is 4.28. The summed E-state index contributed by atoms with van der Waals surface area (Å²) in [5.41, 5.74) is 1.24. The van der Waals surface area contributed by atoms with Crippen LogP contribution in [0.4, 0.5) is 0 Å². The standard InChI is InChI=1S/C13H8Br2O3S/c14-9-5-11-10(17-1-2-18-11)4-8(9)13(16)7-3-12(15)19-6-7/h3-6H,1-2H2. The molecule has 0 atom stereocenters. The number of carbonyl (C=O) groups excluding carboxylic acids is 1. The predicted molar refractivity (Wildman–Crippen MR) is 80.6 cm³/mol. The van der Waals surface area contributed by atoms with Gasteiger partial charge in [0, 0.05) is 21.0 Å². The number of fused-ring (bicyclic) bond motifs is 1. The Kier molecular flexibility index (Phi) is 3.64. The van der Waals surface area contributed by atoms with Crippen LogP contribution in [0.25, 0.3) is 0 Å². The van der Waals surface area contributed by atoms with Gasteiger partial charge in [-0.05, 0) is 50.1 Å². The molecule has 0 radical (unpaired) electrons. The molecule has 2 heterocycles. The number of benzene rings is 1. The molecule has 0 saturated carbocycles. The van der Waals surface area contributed by atoms with Gasteiger partial charge < -0.3 is 9.47 Å². The van der Waals surface area contributed by atoms with Crippen LogP contribution in [0, 0.1) is 0 Å². The first kappa shape index (κ1) is 13.1. The van der Waals surface area contributed by atoms with Gasteiger partial charge in [-0.15, -0.1) is 11.3 Å². The minimum Gasteiger partial charge on any atom is -0.486 e. The van der Waals surface area contributed by atoms with Crippen molar-refractivity contribution in [3.8, 4) is 11.5 Å². The van der Waals surface area contributed by atoms with E-state index in [-0.39, 0.29) is 5.78 Å². The molecule has 3 nitrogen and oxygen atoms in total. The van der Waals surface area contributed by atoms with Crippen LogP contribution < -0.4 is 9.47 Å². The molecule has 1 aliphatic heterocycles. The molecule has 1 aromatic heterocycles. The van der Waals surface area contributed by atoms with Crippen molar-refractivity contribution < 1.29 is 14.3 Å². The van der Waals surface area contributed by atoms with E-state index in [1.165, 1.54) is 11.3 Å². The van der Waals surface area contributed by atoms with Crippen molar-refractivity contribution in [3.63, 3.8) is 0 Å². The van der Waals surface area contributed by atoms with Gasteiger partial charge >= 0.3 is 0 Å². The van der Waals surface area contributed by atoms with Crippen LogP contribution in [-0.4, -0.2) is 19.0 Å². The average Bonchev–Trinajstić information content (AvgIpc) is 2.84. The third-order valence-electron chi connectivity index (χ3n) is 2.71. The Labute approximate surface area is 130 Å². The van der Waals surface area contributed by atoms with Crippen molar-refractivity contribution in [1.29, 1.82) is 0 Å². The first-order chi connectivity index (χ1) is 9.15. The summed E-state index contributed by atoms with van der Waals surface area (Å²) in [5.74, 6) is 1.25. The lowest BCUT2D eigenvalue weighted by atomic mass is 10.1. The van der Waals surface area contributed by atoms with E-state index in [2.05, 4.69) is 31.9 Å². The van der Waals surface area contributed by atoms with Crippen molar-refractivity contribution in [1.82, 2.24) is 0 Å². The van der Waals surface area contributed by atoms with Crippen LogP contribution in [0.2, 0.25) is 0 Å². The fourth-order valence-electron chi connectivity index (χ4n) is 1.82. The van der Waals surface area contributed by atoms with Gasteiger partial charge in [0.1, 0.15) is 13.2 Å². The monoisotopic (exact) mass is 402 g/mol. The summed E-state index contributed by atoms with van der Waals surface area (Å²) in [6.07, 6.45) is 0. The number of ether oxygens (including phenoxy) is 2. The number of carbonyl (C=O) groups is 1. The Hall–Kier alpha value is -0.850. The molecule has 6 heteroatoms. The van der Waals surface area contributed by atoms with Gasteiger partial charge in [-0.25, -0.2) is 0 Å². The Morgan fingerprint density at radius 2 is 1.79 bits per heavy atom. The highest BCUT2D eigenvalue weighted by atomic mass is 79.9. The van der Waals surface area contributed by atoms with E-state index in [1.54, 1.807) is 12.1 Å². The van der Waals surface area contributed by atoms with Crippen molar-refractivity contribution in [2.75, 3.05) is 13.2 Å². The Morgan fingerprint density at radius 3 is 2.42 bits per heavy atom. The van der Waals surface area contributed by atoms with E-state index in [0.29, 0.717) is 40.3 Å². The summed E-state index contributed by atoms with van der Waals surface area (Å²) in [4.78, 5) is 12.4. The van der Waals surface area contributed by atoms with Crippen LogP contribution in [0.5, 0.6) is 11.5 Å². The molecule has 2 aromatic rings. The Bertz CT molecular complexity index is 651. The highest BCUT2D eigenvalue weighted by Gasteiger charge is 2.20. The lowest BCUT2D eigenvalue weighted by Crippen LogP contribution is -2.16. The quantitative estimate of drug-likeness (QED) is 0.702. The molecule has 3 rings (SSSR count). The lowest BCUT2D eigenvalue weighted by molar-refractivity contribution is 0.103. The Morgan fingerprint density at radius 1 is 1.11 bits per heavy atom. The smallest absolute Gasteiger partial charge is 0.195 e. The van der Waals surface area contributed by atoms with Gasteiger partial charge in [0.2, 0.25) is 0 Å². The summed E-state index contributed by atoms with van der Waals surface area (Å²) < 4.78 is 12.6. The molecule has 1 aromatic carbocycles. The second-order valence-electron chi connectivity index (χ2n) is 3.94. The molecule has 0 bridgehead atoms. The third kappa shape index (κ3) is 2.57. The molecular weight excluding hydrogens is 396 g/mol. The summed E-state index contributed by atoms with van der Waals surface area (Å²) in [6, 6.07) is 5.33. The third-order valence-corrected chi connectivity index (χ3v) is 4.87. The normalized spacial score (nSPS) is 13.4. The van der Waals surface area contributed by atoms with E-state index >= 15 is 0 Å². The summed E-state index contributed by atoms with van der Waals surface area (Å²) in [7, 11) is 0. The molecule has 98 valence electrons. The van der Waals surface area contributed by atoms with Crippen LogP contribution >= 0.6 is 43.2 Å². The first-order valence-electron chi connectivity index (χ1n) is 5.53. The first-order valence-corrected chi connectivity index (χ1v) is 7.99. The van der Waals surface area contributed by atoms with Gasteiger partial charge in [-0.1, -0.05) is 0 Å². The van der Waals surface area contributed by atoms with Crippen LogP contribution in [0.1, 0.15) is 15.9 Å².